The van der Waals surface area contributed by atoms with Crippen LogP contribution in [0.5, 0.6) is 0 Å². The van der Waals surface area contributed by atoms with Gasteiger partial charge in [0.05, 0.1) is 23.4 Å². The van der Waals surface area contributed by atoms with Gasteiger partial charge < -0.3 is 9.88 Å². The molecule has 0 saturated heterocycles. The van der Waals surface area contributed by atoms with Crippen molar-refractivity contribution in [1.29, 1.82) is 5.26 Å². The number of aromatic nitrogens is 1. The molecule has 1 heterocycles. The van der Waals surface area contributed by atoms with Crippen LogP contribution in [-0.2, 0) is 11.3 Å². The number of halogens is 1. The van der Waals surface area contributed by atoms with Crippen LogP contribution in [0, 0.1) is 17.1 Å². The number of hydrazone groups is 1. The van der Waals surface area contributed by atoms with E-state index in [1.807, 2.05) is 60.7 Å². The number of nitrogens with one attached hydrogen (secondary N) is 2. The summed E-state index contributed by atoms with van der Waals surface area (Å²) in [7, 11) is 0. The SMILES string of the molecule is N#Cc1ccc(C(=O)N/N=C\c2cn(CC(=O)Nc3ccccc3)c3ccccc23)c(F)c1. The zero-order chi connectivity index (χ0) is 23.2. The first-order valence-corrected chi connectivity index (χ1v) is 10.0. The smallest absolute Gasteiger partial charge is 0.274 e. The Morgan fingerprint density at radius 2 is 1.82 bits per heavy atom. The molecule has 1 aromatic heterocycles. The molecule has 162 valence electrons. The molecule has 8 heteroatoms. The van der Waals surface area contributed by atoms with Gasteiger partial charge in [-0.3, -0.25) is 9.59 Å². The molecular formula is C25H18FN5O2. The number of hydrogen-bond acceptors (Lipinski definition) is 4. The predicted octanol–water partition coefficient (Wildman–Crippen LogP) is 4.05. The van der Waals surface area contributed by atoms with Crippen molar-refractivity contribution in [2.45, 2.75) is 6.54 Å². The van der Waals surface area contributed by atoms with Crippen LogP contribution >= 0.6 is 0 Å². The van der Waals surface area contributed by atoms with Crippen LogP contribution < -0.4 is 10.7 Å². The van der Waals surface area contributed by atoms with Crippen LogP contribution in [0.3, 0.4) is 0 Å². The number of carbonyl (C=O) groups is 2. The minimum absolute atomic E-state index is 0.0893. The van der Waals surface area contributed by atoms with Gasteiger partial charge in [-0.25, -0.2) is 9.82 Å². The molecule has 0 spiro atoms. The van der Waals surface area contributed by atoms with Gasteiger partial charge >= 0.3 is 0 Å². The molecule has 0 aliphatic carbocycles. The number of para-hydroxylation sites is 2. The van der Waals surface area contributed by atoms with Crippen molar-refractivity contribution in [2.75, 3.05) is 5.32 Å². The molecule has 0 radical (unpaired) electrons. The van der Waals surface area contributed by atoms with Gasteiger partial charge in [0, 0.05) is 28.4 Å². The molecule has 0 saturated carbocycles. The summed E-state index contributed by atoms with van der Waals surface area (Å²) in [5, 5.41) is 16.4. The highest BCUT2D eigenvalue weighted by Gasteiger charge is 2.13. The zero-order valence-corrected chi connectivity index (χ0v) is 17.3. The largest absolute Gasteiger partial charge is 0.337 e. The van der Waals surface area contributed by atoms with E-state index in [2.05, 4.69) is 15.8 Å². The number of carbonyl (C=O) groups excluding carboxylic acids is 2. The first-order valence-electron chi connectivity index (χ1n) is 10.0. The van der Waals surface area contributed by atoms with Crippen molar-refractivity contribution in [3.05, 3.63) is 102 Å². The standard InChI is InChI=1S/C25H18FN5O2/c26-22-12-17(13-27)10-11-21(22)25(33)30-28-14-18-15-31(23-9-5-4-8-20(18)23)16-24(32)29-19-6-2-1-3-7-19/h1-12,14-15H,16H2,(H,29,32)(H,30,33)/b28-14-. The summed E-state index contributed by atoms with van der Waals surface area (Å²) in [6.45, 7) is 0.0893. The molecule has 33 heavy (non-hydrogen) atoms. The fourth-order valence-corrected chi connectivity index (χ4v) is 3.38. The Hall–Kier alpha value is -4.77. The van der Waals surface area contributed by atoms with Gasteiger partial charge in [-0.2, -0.15) is 10.4 Å². The number of nitrogens with zero attached hydrogens (tertiary/aromatic N) is 3. The molecule has 2 amide bonds. The van der Waals surface area contributed by atoms with Gasteiger partial charge in [0.25, 0.3) is 5.91 Å². The third-order valence-corrected chi connectivity index (χ3v) is 4.90. The van der Waals surface area contributed by atoms with Gasteiger partial charge in [0.2, 0.25) is 5.91 Å². The number of nitriles is 1. The highest BCUT2D eigenvalue weighted by Crippen LogP contribution is 2.20. The van der Waals surface area contributed by atoms with Crippen LogP contribution in [0.25, 0.3) is 10.9 Å². The van der Waals surface area contributed by atoms with E-state index in [-0.39, 0.29) is 23.6 Å². The van der Waals surface area contributed by atoms with Gasteiger partial charge in [-0.1, -0.05) is 36.4 Å². The summed E-state index contributed by atoms with van der Waals surface area (Å²) >= 11 is 0. The third kappa shape index (κ3) is 4.94. The summed E-state index contributed by atoms with van der Waals surface area (Å²) in [5.41, 5.74) is 4.41. The number of hydrogen-bond donors (Lipinski definition) is 2. The van der Waals surface area contributed by atoms with E-state index in [1.54, 1.807) is 10.8 Å². The number of anilines is 1. The minimum Gasteiger partial charge on any atom is -0.337 e. The lowest BCUT2D eigenvalue weighted by molar-refractivity contribution is -0.116. The second kappa shape index (κ2) is 9.58. The lowest BCUT2D eigenvalue weighted by Crippen LogP contribution is -2.19. The number of benzene rings is 3. The third-order valence-electron chi connectivity index (χ3n) is 4.90. The van der Waals surface area contributed by atoms with E-state index >= 15 is 0 Å². The maximum atomic E-state index is 14.0. The van der Waals surface area contributed by atoms with Gasteiger partial charge in [0.15, 0.2) is 0 Å². The Morgan fingerprint density at radius 3 is 2.58 bits per heavy atom. The van der Waals surface area contributed by atoms with Gasteiger partial charge in [-0.15, -0.1) is 0 Å². The normalized spacial score (nSPS) is 10.8. The number of amides is 2. The molecule has 7 nitrogen and oxygen atoms in total. The first kappa shape index (κ1) is 21.5. The molecule has 0 aliphatic rings. The Balaban J connectivity index is 1.50. The van der Waals surface area contributed by atoms with Crippen molar-refractivity contribution in [2.24, 2.45) is 5.10 Å². The Labute approximate surface area is 188 Å². The Kier molecular flexibility index (Phi) is 6.23. The molecule has 4 aromatic rings. The zero-order valence-electron chi connectivity index (χ0n) is 17.3. The molecule has 3 aromatic carbocycles. The second-order valence-electron chi connectivity index (χ2n) is 7.15. The maximum absolute atomic E-state index is 14.0. The van der Waals surface area contributed by atoms with E-state index in [9.17, 15) is 14.0 Å². The van der Waals surface area contributed by atoms with E-state index in [1.165, 1.54) is 18.3 Å². The molecular weight excluding hydrogens is 421 g/mol. The second-order valence-corrected chi connectivity index (χ2v) is 7.15. The van der Waals surface area contributed by atoms with Crippen LogP contribution in [0.1, 0.15) is 21.5 Å². The van der Waals surface area contributed by atoms with Crippen LogP contribution in [0.4, 0.5) is 10.1 Å². The fourth-order valence-electron chi connectivity index (χ4n) is 3.38. The highest BCUT2D eigenvalue weighted by molar-refractivity contribution is 6.01. The van der Waals surface area contributed by atoms with E-state index in [4.69, 9.17) is 5.26 Å². The molecule has 4 rings (SSSR count). The van der Waals surface area contributed by atoms with Crippen molar-refractivity contribution in [3.8, 4) is 6.07 Å². The van der Waals surface area contributed by atoms with Gasteiger partial charge in [0.1, 0.15) is 12.4 Å². The van der Waals surface area contributed by atoms with Crippen LogP contribution in [0.2, 0.25) is 0 Å². The summed E-state index contributed by atoms with van der Waals surface area (Å²) in [6.07, 6.45) is 3.20. The lowest BCUT2D eigenvalue weighted by Gasteiger charge is -2.07. The summed E-state index contributed by atoms with van der Waals surface area (Å²) in [4.78, 5) is 24.7. The molecule has 0 unspecified atom stereocenters. The average molecular weight is 439 g/mol. The number of fused-ring (bicyclic) bond motifs is 1. The monoisotopic (exact) mass is 439 g/mol. The molecule has 0 aliphatic heterocycles. The van der Waals surface area contributed by atoms with Crippen molar-refractivity contribution < 1.29 is 14.0 Å². The van der Waals surface area contributed by atoms with E-state index in [0.29, 0.717) is 11.3 Å². The minimum atomic E-state index is -0.803. The predicted molar refractivity (Wildman–Crippen MR) is 123 cm³/mol. The van der Waals surface area contributed by atoms with Crippen molar-refractivity contribution >= 4 is 34.6 Å². The highest BCUT2D eigenvalue weighted by atomic mass is 19.1. The lowest BCUT2D eigenvalue weighted by atomic mass is 10.1. The van der Waals surface area contributed by atoms with E-state index in [0.717, 1.165) is 17.0 Å². The molecule has 0 fully saturated rings. The van der Waals surface area contributed by atoms with Gasteiger partial charge in [-0.05, 0) is 36.4 Å². The summed E-state index contributed by atoms with van der Waals surface area (Å²) in [6, 6.07) is 22.1. The molecule has 0 bridgehead atoms. The average Bonchev–Trinajstić information content (AvgIpc) is 3.16. The molecule has 2 N–H and O–H groups in total. The molecule has 0 atom stereocenters. The van der Waals surface area contributed by atoms with E-state index < -0.39 is 11.7 Å². The first-order chi connectivity index (χ1) is 16.0. The summed E-state index contributed by atoms with van der Waals surface area (Å²) < 4.78 is 15.8. The maximum Gasteiger partial charge on any atom is 0.274 e. The Bertz CT molecular complexity index is 1400. The van der Waals surface area contributed by atoms with Crippen LogP contribution in [0.15, 0.2) is 84.1 Å². The van der Waals surface area contributed by atoms with Crippen molar-refractivity contribution in [1.82, 2.24) is 9.99 Å². The number of rotatable bonds is 6. The topological polar surface area (TPSA) is 99.3 Å². The Morgan fingerprint density at radius 1 is 1.06 bits per heavy atom. The fraction of sp³-hybridized carbons (Fsp3) is 0.0400. The quantitative estimate of drug-likeness (QED) is 0.350. The summed E-state index contributed by atoms with van der Waals surface area (Å²) in [5.74, 6) is -1.72. The van der Waals surface area contributed by atoms with Crippen LogP contribution in [-0.4, -0.2) is 22.6 Å². The van der Waals surface area contributed by atoms with Crippen molar-refractivity contribution in [3.63, 3.8) is 0 Å².